The number of benzene rings is 1. The molecule has 2 rings (SSSR count). The Kier molecular flexibility index (Phi) is 4.15. The van der Waals surface area contributed by atoms with Crippen LogP contribution in [-0.4, -0.2) is 4.98 Å². The maximum absolute atomic E-state index is 6.17. The van der Waals surface area contributed by atoms with Crippen molar-refractivity contribution in [3.63, 3.8) is 0 Å². The van der Waals surface area contributed by atoms with Crippen LogP contribution in [0.5, 0.6) is 0 Å². The lowest BCUT2D eigenvalue weighted by Crippen LogP contribution is -2.22. The van der Waals surface area contributed by atoms with E-state index in [1.54, 1.807) is 11.3 Å². The topological polar surface area (TPSA) is 24.9 Å². The summed E-state index contributed by atoms with van der Waals surface area (Å²) < 4.78 is 0. The molecule has 2 atom stereocenters. The molecule has 0 amide bonds. The Morgan fingerprint density at radius 1 is 1.24 bits per heavy atom. The van der Waals surface area contributed by atoms with Crippen LogP contribution in [-0.2, 0) is 0 Å². The predicted octanol–water partition coefficient (Wildman–Crippen LogP) is 4.21. The van der Waals surface area contributed by atoms with Crippen molar-refractivity contribution in [2.45, 2.75) is 25.9 Å². The summed E-state index contributed by atoms with van der Waals surface area (Å²) in [6, 6.07) is 8.36. The van der Waals surface area contributed by atoms with E-state index in [0.717, 1.165) is 16.3 Å². The van der Waals surface area contributed by atoms with Crippen LogP contribution in [0.3, 0.4) is 0 Å². The molecular weight excluding hydrogens is 252 g/mol. The Morgan fingerprint density at radius 2 is 2.00 bits per heavy atom. The van der Waals surface area contributed by atoms with Gasteiger partial charge in [-0.2, -0.15) is 0 Å². The maximum Gasteiger partial charge on any atom is 0.0795 e. The Balaban J connectivity index is 2.07. The van der Waals surface area contributed by atoms with Crippen molar-refractivity contribution in [2.24, 2.45) is 0 Å². The van der Waals surface area contributed by atoms with Crippen molar-refractivity contribution < 1.29 is 0 Å². The normalized spacial score (nSPS) is 14.5. The Labute approximate surface area is 111 Å². The van der Waals surface area contributed by atoms with Gasteiger partial charge in [-0.3, -0.25) is 0 Å². The highest BCUT2D eigenvalue weighted by atomic mass is 35.5. The standard InChI is InChI=1S/C13H15ClN2S/c1-9(11-5-3-4-6-12(11)14)16-10(2)13-7-17-8-15-13/h3-10,16H,1-2H3/t9-,10?/m1/s1. The fraction of sp³-hybridized carbons (Fsp3) is 0.308. The van der Waals surface area contributed by atoms with Gasteiger partial charge in [0.25, 0.3) is 0 Å². The average Bonchev–Trinajstić information content (AvgIpc) is 2.82. The van der Waals surface area contributed by atoms with Crippen LogP contribution < -0.4 is 5.32 Å². The summed E-state index contributed by atoms with van der Waals surface area (Å²) in [5, 5.41) is 6.37. The van der Waals surface area contributed by atoms with Gasteiger partial charge in [0.1, 0.15) is 0 Å². The Hall–Kier alpha value is -0.900. The zero-order valence-electron chi connectivity index (χ0n) is 9.85. The number of aromatic nitrogens is 1. The first-order chi connectivity index (χ1) is 8.18. The minimum atomic E-state index is 0.209. The first-order valence-electron chi connectivity index (χ1n) is 5.57. The quantitative estimate of drug-likeness (QED) is 0.897. The third-order valence-corrected chi connectivity index (χ3v) is 3.72. The molecule has 0 radical (unpaired) electrons. The molecule has 0 saturated heterocycles. The van der Waals surface area contributed by atoms with Gasteiger partial charge in [-0.15, -0.1) is 11.3 Å². The molecule has 0 saturated carbocycles. The Bertz CT molecular complexity index is 470. The predicted molar refractivity (Wildman–Crippen MR) is 73.5 cm³/mol. The SMILES string of the molecule is CC(N[C@H](C)c1ccccc1Cl)c1cscn1. The molecule has 1 N–H and O–H groups in total. The minimum absolute atomic E-state index is 0.209. The molecule has 1 unspecified atom stereocenters. The highest BCUT2D eigenvalue weighted by Crippen LogP contribution is 2.24. The molecule has 2 nitrogen and oxygen atoms in total. The van der Waals surface area contributed by atoms with Gasteiger partial charge in [0, 0.05) is 22.5 Å². The number of nitrogens with zero attached hydrogens (tertiary/aromatic N) is 1. The van der Waals surface area contributed by atoms with Crippen LogP contribution in [0.1, 0.15) is 37.2 Å². The minimum Gasteiger partial charge on any atom is -0.302 e. The van der Waals surface area contributed by atoms with E-state index in [1.807, 2.05) is 29.8 Å². The molecule has 1 aromatic carbocycles. The molecule has 2 aromatic rings. The summed E-state index contributed by atoms with van der Waals surface area (Å²) in [5.74, 6) is 0. The lowest BCUT2D eigenvalue weighted by molar-refractivity contribution is 0.488. The third-order valence-electron chi connectivity index (χ3n) is 2.77. The van der Waals surface area contributed by atoms with Crippen molar-refractivity contribution in [1.29, 1.82) is 0 Å². The molecule has 1 heterocycles. The summed E-state index contributed by atoms with van der Waals surface area (Å²) in [6.45, 7) is 4.23. The van der Waals surface area contributed by atoms with E-state index in [9.17, 15) is 0 Å². The highest BCUT2D eigenvalue weighted by molar-refractivity contribution is 7.07. The van der Waals surface area contributed by atoms with Crippen molar-refractivity contribution >= 4 is 22.9 Å². The van der Waals surface area contributed by atoms with E-state index in [1.165, 1.54) is 0 Å². The summed E-state index contributed by atoms with van der Waals surface area (Å²) in [6.07, 6.45) is 0. The second-order valence-electron chi connectivity index (χ2n) is 4.04. The summed E-state index contributed by atoms with van der Waals surface area (Å²) >= 11 is 7.79. The molecule has 90 valence electrons. The molecule has 0 bridgehead atoms. The van der Waals surface area contributed by atoms with Crippen molar-refractivity contribution in [3.05, 3.63) is 51.4 Å². The average molecular weight is 267 g/mol. The molecular formula is C13H15ClN2S. The van der Waals surface area contributed by atoms with Crippen molar-refractivity contribution in [2.75, 3.05) is 0 Å². The molecule has 17 heavy (non-hydrogen) atoms. The lowest BCUT2D eigenvalue weighted by atomic mass is 10.1. The third kappa shape index (κ3) is 3.06. The number of thiazole rings is 1. The van der Waals surface area contributed by atoms with Crippen LogP contribution in [0.25, 0.3) is 0 Å². The summed E-state index contributed by atoms with van der Waals surface area (Å²) in [5.41, 5.74) is 4.05. The van der Waals surface area contributed by atoms with Crippen LogP contribution in [0.4, 0.5) is 0 Å². The molecule has 0 aliphatic carbocycles. The number of hydrogen-bond donors (Lipinski definition) is 1. The van der Waals surface area contributed by atoms with Gasteiger partial charge in [0.2, 0.25) is 0 Å². The molecule has 0 spiro atoms. The summed E-state index contributed by atoms with van der Waals surface area (Å²) in [4.78, 5) is 4.31. The summed E-state index contributed by atoms with van der Waals surface area (Å²) in [7, 11) is 0. The molecule has 0 aliphatic heterocycles. The fourth-order valence-electron chi connectivity index (χ4n) is 1.81. The molecule has 0 aliphatic rings. The van der Waals surface area contributed by atoms with E-state index >= 15 is 0 Å². The first kappa shape index (κ1) is 12.6. The van der Waals surface area contributed by atoms with Gasteiger partial charge in [-0.25, -0.2) is 4.98 Å². The van der Waals surface area contributed by atoms with Gasteiger partial charge in [-0.1, -0.05) is 29.8 Å². The van der Waals surface area contributed by atoms with Gasteiger partial charge >= 0.3 is 0 Å². The maximum atomic E-state index is 6.17. The van der Waals surface area contributed by atoms with E-state index in [-0.39, 0.29) is 12.1 Å². The zero-order valence-corrected chi connectivity index (χ0v) is 11.4. The van der Waals surface area contributed by atoms with Gasteiger partial charge < -0.3 is 5.32 Å². The molecule has 1 aromatic heterocycles. The monoisotopic (exact) mass is 266 g/mol. The van der Waals surface area contributed by atoms with E-state index < -0.39 is 0 Å². The van der Waals surface area contributed by atoms with Gasteiger partial charge in [-0.05, 0) is 25.5 Å². The smallest absolute Gasteiger partial charge is 0.0795 e. The van der Waals surface area contributed by atoms with Gasteiger partial charge in [0.05, 0.1) is 11.2 Å². The van der Waals surface area contributed by atoms with Crippen LogP contribution in [0.2, 0.25) is 5.02 Å². The van der Waals surface area contributed by atoms with E-state index in [2.05, 4.69) is 29.5 Å². The zero-order chi connectivity index (χ0) is 12.3. The van der Waals surface area contributed by atoms with Crippen LogP contribution in [0, 0.1) is 0 Å². The van der Waals surface area contributed by atoms with Gasteiger partial charge in [0.15, 0.2) is 0 Å². The van der Waals surface area contributed by atoms with Crippen molar-refractivity contribution in [3.8, 4) is 0 Å². The van der Waals surface area contributed by atoms with E-state index in [4.69, 9.17) is 11.6 Å². The first-order valence-corrected chi connectivity index (χ1v) is 6.89. The highest BCUT2D eigenvalue weighted by Gasteiger charge is 2.14. The number of rotatable bonds is 4. The largest absolute Gasteiger partial charge is 0.302 e. The number of nitrogens with one attached hydrogen (secondary N) is 1. The second kappa shape index (κ2) is 5.63. The molecule has 4 heteroatoms. The second-order valence-corrected chi connectivity index (χ2v) is 5.17. The van der Waals surface area contributed by atoms with Crippen LogP contribution >= 0.6 is 22.9 Å². The lowest BCUT2D eigenvalue weighted by Gasteiger charge is -2.20. The fourth-order valence-corrected chi connectivity index (χ4v) is 2.76. The van der Waals surface area contributed by atoms with Crippen molar-refractivity contribution in [1.82, 2.24) is 10.3 Å². The number of hydrogen-bond acceptors (Lipinski definition) is 3. The number of halogens is 1. The van der Waals surface area contributed by atoms with Crippen LogP contribution in [0.15, 0.2) is 35.2 Å². The Morgan fingerprint density at radius 3 is 2.65 bits per heavy atom. The molecule has 0 fully saturated rings. The van der Waals surface area contributed by atoms with E-state index in [0.29, 0.717) is 0 Å².